The van der Waals surface area contributed by atoms with Gasteiger partial charge < -0.3 is 5.11 Å². The quantitative estimate of drug-likeness (QED) is 0.794. The molecule has 1 aromatic rings. The monoisotopic (exact) mass is 191 g/mol. The number of aryl methyl sites for hydroxylation is 1. The Balaban J connectivity index is 2.39. The predicted molar refractivity (Wildman–Crippen MR) is 47.1 cm³/mol. The molecule has 11 heavy (non-hydrogen) atoms. The minimum atomic E-state index is -0.240. The summed E-state index contributed by atoms with van der Waals surface area (Å²) in [6, 6.07) is 0. The van der Waals surface area contributed by atoms with Crippen LogP contribution in [0.3, 0.4) is 0 Å². The molecular weight excluding hydrogens is 182 g/mol. The molecular formula is C7H10ClNOS. The van der Waals surface area contributed by atoms with E-state index in [1.165, 1.54) is 11.3 Å². The molecule has 0 aliphatic heterocycles. The molecule has 0 aliphatic rings. The number of thiazole rings is 1. The number of hydrogen-bond donors (Lipinski definition) is 1. The van der Waals surface area contributed by atoms with Gasteiger partial charge in [0.2, 0.25) is 0 Å². The molecule has 0 fully saturated rings. The predicted octanol–water partition coefficient (Wildman–Crippen LogP) is 2.11. The molecule has 0 saturated carbocycles. The Bertz CT molecular complexity index is 224. The smallest absolute Gasteiger partial charge is 0.183 e. The average Bonchev–Trinajstić information content (AvgIpc) is 2.31. The first-order valence-corrected chi connectivity index (χ1v) is 4.66. The molecule has 1 N–H and O–H groups in total. The fourth-order valence-corrected chi connectivity index (χ4v) is 1.74. The minimum absolute atomic E-state index is 0.240. The van der Waals surface area contributed by atoms with Crippen molar-refractivity contribution in [1.82, 2.24) is 4.98 Å². The normalized spacial score (nSPS) is 13.4. The SMILES string of the molecule is CC(O)CCc1cnc(Cl)s1. The summed E-state index contributed by atoms with van der Waals surface area (Å²) in [5.41, 5.74) is 0. The van der Waals surface area contributed by atoms with Gasteiger partial charge in [-0.3, -0.25) is 0 Å². The Labute approximate surface area is 74.8 Å². The van der Waals surface area contributed by atoms with Crippen molar-refractivity contribution in [2.24, 2.45) is 0 Å². The van der Waals surface area contributed by atoms with Gasteiger partial charge >= 0.3 is 0 Å². The zero-order valence-corrected chi connectivity index (χ0v) is 7.82. The van der Waals surface area contributed by atoms with Crippen molar-refractivity contribution >= 4 is 22.9 Å². The number of aliphatic hydroxyl groups excluding tert-OH is 1. The molecule has 0 amide bonds. The zero-order chi connectivity index (χ0) is 8.27. The van der Waals surface area contributed by atoms with Crippen LogP contribution >= 0.6 is 22.9 Å². The fourth-order valence-electron chi connectivity index (χ4n) is 0.750. The van der Waals surface area contributed by atoms with E-state index in [9.17, 15) is 0 Å². The Kier molecular flexibility index (Phi) is 3.30. The summed E-state index contributed by atoms with van der Waals surface area (Å²) in [5, 5.41) is 8.97. The van der Waals surface area contributed by atoms with E-state index >= 15 is 0 Å². The van der Waals surface area contributed by atoms with Gasteiger partial charge in [-0.1, -0.05) is 11.6 Å². The molecule has 2 nitrogen and oxygen atoms in total. The number of rotatable bonds is 3. The van der Waals surface area contributed by atoms with Gasteiger partial charge in [0.1, 0.15) is 0 Å². The maximum absolute atomic E-state index is 8.97. The first kappa shape index (κ1) is 8.97. The average molecular weight is 192 g/mol. The number of aliphatic hydroxyl groups is 1. The summed E-state index contributed by atoms with van der Waals surface area (Å²) in [5.74, 6) is 0. The van der Waals surface area contributed by atoms with E-state index in [0.29, 0.717) is 4.47 Å². The van der Waals surface area contributed by atoms with Crippen LogP contribution in [0.5, 0.6) is 0 Å². The van der Waals surface area contributed by atoms with Crippen LogP contribution in [0, 0.1) is 0 Å². The summed E-state index contributed by atoms with van der Waals surface area (Å²) in [6.07, 6.45) is 3.16. The second kappa shape index (κ2) is 4.04. The van der Waals surface area contributed by atoms with Gasteiger partial charge in [-0.25, -0.2) is 4.98 Å². The molecule has 0 bridgehead atoms. The van der Waals surface area contributed by atoms with Crippen molar-refractivity contribution in [3.8, 4) is 0 Å². The molecule has 0 aliphatic carbocycles. The highest BCUT2D eigenvalue weighted by atomic mass is 35.5. The number of aromatic nitrogens is 1. The molecule has 1 aromatic heterocycles. The minimum Gasteiger partial charge on any atom is -0.393 e. The summed E-state index contributed by atoms with van der Waals surface area (Å²) < 4.78 is 0.575. The first-order chi connectivity index (χ1) is 5.18. The molecule has 1 rings (SSSR count). The molecule has 0 radical (unpaired) electrons. The van der Waals surface area contributed by atoms with Crippen LogP contribution in [0.25, 0.3) is 0 Å². The maximum atomic E-state index is 8.97. The first-order valence-electron chi connectivity index (χ1n) is 3.47. The van der Waals surface area contributed by atoms with Crippen molar-refractivity contribution in [1.29, 1.82) is 0 Å². The summed E-state index contributed by atoms with van der Waals surface area (Å²) in [7, 11) is 0. The van der Waals surface area contributed by atoms with Gasteiger partial charge in [0.15, 0.2) is 4.47 Å². The standard InChI is InChI=1S/C7H10ClNOS/c1-5(10)2-3-6-4-9-7(8)11-6/h4-5,10H,2-3H2,1H3. The van der Waals surface area contributed by atoms with E-state index in [-0.39, 0.29) is 6.10 Å². The van der Waals surface area contributed by atoms with Crippen molar-refractivity contribution in [3.05, 3.63) is 15.5 Å². The molecule has 0 spiro atoms. The van der Waals surface area contributed by atoms with Gasteiger partial charge in [0.05, 0.1) is 6.10 Å². The molecule has 1 unspecified atom stereocenters. The number of hydrogen-bond acceptors (Lipinski definition) is 3. The van der Waals surface area contributed by atoms with E-state index in [0.717, 1.165) is 17.7 Å². The Morgan fingerprint density at radius 1 is 1.82 bits per heavy atom. The number of nitrogens with zero attached hydrogens (tertiary/aromatic N) is 1. The van der Waals surface area contributed by atoms with Gasteiger partial charge in [-0.05, 0) is 19.8 Å². The van der Waals surface area contributed by atoms with Crippen LogP contribution in [-0.2, 0) is 6.42 Å². The highest BCUT2D eigenvalue weighted by Gasteiger charge is 2.01. The summed E-state index contributed by atoms with van der Waals surface area (Å²) in [6.45, 7) is 1.78. The third kappa shape index (κ3) is 3.18. The lowest BCUT2D eigenvalue weighted by Gasteiger charge is -1.99. The van der Waals surface area contributed by atoms with Gasteiger partial charge in [-0.15, -0.1) is 11.3 Å². The summed E-state index contributed by atoms with van der Waals surface area (Å²) >= 11 is 7.09. The van der Waals surface area contributed by atoms with E-state index in [1.54, 1.807) is 13.1 Å². The van der Waals surface area contributed by atoms with Crippen molar-refractivity contribution in [3.63, 3.8) is 0 Å². The van der Waals surface area contributed by atoms with E-state index < -0.39 is 0 Å². The largest absolute Gasteiger partial charge is 0.393 e. The van der Waals surface area contributed by atoms with Crippen LogP contribution < -0.4 is 0 Å². The summed E-state index contributed by atoms with van der Waals surface area (Å²) in [4.78, 5) is 5.03. The van der Waals surface area contributed by atoms with E-state index in [2.05, 4.69) is 4.98 Å². The lowest BCUT2D eigenvalue weighted by Crippen LogP contribution is -1.99. The van der Waals surface area contributed by atoms with Crippen LogP contribution in [0.1, 0.15) is 18.2 Å². The van der Waals surface area contributed by atoms with Crippen molar-refractivity contribution in [2.75, 3.05) is 0 Å². The molecule has 4 heteroatoms. The Morgan fingerprint density at radius 3 is 3.00 bits per heavy atom. The number of halogens is 1. The third-order valence-electron chi connectivity index (χ3n) is 1.33. The van der Waals surface area contributed by atoms with Gasteiger partial charge in [0, 0.05) is 11.1 Å². The van der Waals surface area contributed by atoms with Gasteiger partial charge in [-0.2, -0.15) is 0 Å². The second-order valence-corrected chi connectivity index (χ2v) is 4.16. The molecule has 62 valence electrons. The van der Waals surface area contributed by atoms with E-state index in [1.807, 2.05) is 0 Å². The van der Waals surface area contributed by atoms with Crippen LogP contribution in [-0.4, -0.2) is 16.2 Å². The lowest BCUT2D eigenvalue weighted by molar-refractivity contribution is 0.185. The third-order valence-corrected chi connectivity index (χ3v) is 2.51. The highest BCUT2D eigenvalue weighted by Crippen LogP contribution is 2.19. The van der Waals surface area contributed by atoms with Crippen LogP contribution in [0.4, 0.5) is 0 Å². The molecule has 1 heterocycles. The van der Waals surface area contributed by atoms with E-state index in [4.69, 9.17) is 16.7 Å². The Morgan fingerprint density at radius 2 is 2.55 bits per heavy atom. The van der Waals surface area contributed by atoms with Crippen molar-refractivity contribution < 1.29 is 5.11 Å². The topological polar surface area (TPSA) is 33.1 Å². The highest BCUT2D eigenvalue weighted by molar-refractivity contribution is 7.15. The maximum Gasteiger partial charge on any atom is 0.183 e. The van der Waals surface area contributed by atoms with Crippen LogP contribution in [0.15, 0.2) is 6.20 Å². The van der Waals surface area contributed by atoms with Gasteiger partial charge in [0.25, 0.3) is 0 Å². The molecule has 0 saturated heterocycles. The zero-order valence-electron chi connectivity index (χ0n) is 6.25. The molecule has 1 atom stereocenters. The second-order valence-electron chi connectivity index (χ2n) is 2.47. The Hall–Kier alpha value is -0.120. The van der Waals surface area contributed by atoms with Crippen LogP contribution in [0.2, 0.25) is 4.47 Å². The van der Waals surface area contributed by atoms with Crippen molar-refractivity contribution in [2.45, 2.75) is 25.9 Å². The lowest BCUT2D eigenvalue weighted by atomic mass is 10.2. The molecule has 0 aromatic carbocycles. The fraction of sp³-hybridized carbons (Fsp3) is 0.571.